The highest BCUT2D eigenvalue weighted by atomic mass is 16.5. The van der Waals surface area contributed by atoms with Crippen molar-refractivity contribution >= 4 is 17.5 Å². The molecular weight excluding hydrogens is 382 g/mol. The third-order valence-corrected chi connectivity index (χ3v) is 4.32. The molecule has 1 amide bonds. The quantitative estimate of drug-likeness (QED) is 0.484. The largest absolute Gasteiger partial charge is 0.361 e. The molecule has 0 radical (unpaired) electrons. The molecule has 0 fully saturated rings. The maximum Gasteiger partial charge on any atom is 0.277 e. The predicted octanol–water partition coefficient (Wildman–Crippen LogP) is 3.70. The minimum Gasteiger partial charge on any atom is -0.361 e. The lowest BCUT2D eigenvalue weighted by atomic mass is 10.2. The minimum absolute atomic E-state index is 0.239. The molecule has 2 N–H and O–H groups in total. The molecule has 152 valence electrons. The van der Waals surface area contributed by atoms with Crippen molar-refractivity contribution in [2.24, 2.45) is 0 Å². The van der Waals surface area contributed by atoms with Gasteiger partial charge in [-0.05, 0) is 43.7 Å². The van der Waals surface area contributed by atoms with Crippen molar-refractivity contribution in [2.75, 3.05) is 17.2 Å². The van der Waals surface area contributed by atoms with E-state index in [0.717, 1.165) is 30.2 Å². The zero-order valence-electron chi connectivity index (χ0n) is 16.7. The Balaban J connectivity index is 1.53. The second-order valence-corrected chi connectivity index (χ2v) is 6.64. The molecule has 4 rings (SSSR count). The van der Waals surface area contributed by atoms with Gasteiger partial charge >= 0.3 is 0 Å². The number of benzene rings is 1. The number of imidazole rings is 1. The monoisotopic (exact) mass is 403 g/mol. The average Bonchev–Trinajstić information content (AvgIpc) is 3.42. The molecule has 1 aromatic carbocycles. The Morgan fingerprint density at radius 3 is 2.70 bits per heavy atom. The number of hydrogen-bond donors (Lipinski definition) is 2. The second-order valence-electron chi connectivity index (χ2n) is 6.64. The van der Waals surface area contributed by atoms with E-state index in [2.05, 4.69) is 37.7 Å². The SMILES string of the molecule is CCCNc1nccc(-n2ccnc2-c2ccc(NC(=O)c3cc(C)on3)cc2)n1. The fourth-order valence-corrected chi connectivity index (χ4v) is 2.88. The molecule has 3 aromatic heterocycles. The average molecular weight is 403 g/mol. The summed E-state index contributed by atoms with van der Waals surface area (Å²) in [6, 6.07) is 10.8. The number of amides is 1. The Hall–Kier alpha value is -4.01. The summed E-state index contributed by atoms with van der Waals surface area (Å²) in [5.74, 6) is 2.29. The summed E-state index contributed by atoms with van der Waals surface area (Å²) < 4.78 is 6.83. The first-order valence-corrected chi connectivity index (χ1v) is 9.60. The topological polar surface area (TPSA) is 111 Å². The number of anilines is 2. The molecule has 9 nitrogen and oxygen atoms in total. The summed E-state index contributed by atoms with van der Waals surface area (Å²) in [7, 11) is 0. The van der Waals surface area contributed by atoms with Crippen LogP contribution in [0.15, 0.2) is 59.5 Å². The van der Waals surface area contributed by atoms with Crippen LogP contribution in [0, 0.1) is 6.92 Å². The first-order chi connectivity index (χ1) is 14.6. The highest BCUT2D eigenvalue weighted by Gasteiger charge is 2.13. The number of nitrogens with one attached hydrogen (secondary N) is 2. The molecule has 3 heterocycles. The van der Waals surface area contributed by atoms with Crippen LogP contribution in [0.25, 0.3) is 17.2 Å². The normalized spacial score (nSPS) is 10.7. The third-order valence-electron chi connectivity index (χ3n) is 4.32. The molecule has 30 heavy (non-hydrogen) atoms. The first-order valence-electron chi connectivity index (χ1n) is 9.60. The highest BCUT2D eigenvalue weighted by Crippen LogP contribution is 2.23. The van der Waals surface area contributed by atoms with Gasteiger partial charge in [-0.3, -0.25) is 9.36 Å². The molecule has 0 bridgehead atoms. The van der Waals surface area contributed by atoms with E-state index < -0.39 is 0 Å². The summed E-state index contributed by atoms with van der Waals surface area (Å²) >= 11 is 0. The number of aryl methyl sites for hydroxylation is 1. The minimum atomic E-state index is -0.325. The molecule has 0 unspecified atom stereocenters. The molecule has 0 saturated carbocycles. The Morgan fingerprint density at radius 2 is 1.97 bits per heavy atom. The maximum atomic E-state index is 12.2. The first kappa shape index (κ1) is 19.3. The van der Waals surface area contributed by atoms with Crippen LogP contribution in [0.2, 0.25) is 0 Å². The van der Waals surface area contributed by atoms with Crippen LogP contribution in [0.4, 0.5) is 11.6 Å². The molecule has 0 saturated heterocycles. The van der Waals surface area contributed by atoms with E-state index in [1.807, 2.05) is 41.1 Å². The van der Waals surface area contributed by atoms with E-state index in [-0.39, 0.29) is 11.6 Å². The standard InChI is InChI=1S/C21H21N7O2/c1-3-9-23-21-24-10-8-18(26-21)28-12-11-22-19(28)15-4-6-16(7-5-15)25-20(29)17-13-14(2)30-27-17/h4-8,10-13H,3,9H2,1-2H3,(H,25,29)(H,23,24,26). The van der Waals surface area contributed by atoms with Crippen molar-refractivity contribution < 1.29 is 9.32 Å². The van der Waals surface area contributed by atoms with Gasteiger partial charge in [0.05, 0.1) is 0 Å². The van der Waals surface area contributed by atoms with Gasteiger partial charge in [0.1, 0.15) is 17.4 Å². The number of rotatable bonds is 7. The van der Waals surface area contributed by atoms with Gasteiger partial charge in [0, 0.05) is 42.5 Å². The number of hydrogen-bond acceptors (Lipinski definition) is 7. The van der Waals surface area contributed by atoms with Crippen molar-refractivity contribution in [3.8, 4) is 17.2 Å². The van der Waals surface area contributed by atoms with Crippen LogP contribution in [0.3, 0.4) is 0 Å². The van der Waals surface area contributed by atoms with Crippen molar-refractivity contribution in [1.82, 2.24) is 24.7 Å². The molecule has 0 aliphatic rings. The van der Waals surface area contributed by atoms with Crippen LogP contribution >= 0.6 is 0 Å². The fraction of sp³-hybridized carbons (Fsp3) is 0.190. The second kappa shape index (κ2) is 8.56. The van der Waals surface area contributed by atoms with Crippen LogP contribution in [-0.4, -0.2) is 37.1 Å². The number of aromatic nitrogens is 5. The van der Waals surface area contributed by atoms with Crippen molar-refractivity contribution in [3.63, 3.8) is 0 Å². The molecule has 4 aromatic rings. The summed E-state index contributed by atoms with van der Waals surface area (Å²) in [5, 5.41) is 9.71. The van der Waals surface area contributed by atoms with Crippen LogP contribution < -0.4 is 10.6 Å². The summed E-state index contributed by atoms with van der Waals surface area (Å²) in [6.07, 6.45) is 6.28. The van der Waals surface area contributed by atoms with Crippen LogP contribution in [0.5, 0.6) is 0 Å². The van der Waals surface area contributed by atoms with E-state index in [9.17, 15) is 4.79 Å². The Labute approximate surface area is 173 Å². The zero-order valence-corrected chi connectivity index (χ0v) is 16.7. The lowest BCUT2D eigenvalue weighted by Gasteiger charge is -2.10. The molecule has 0 spiro atoms. The summed E-state index contributed by atoms with van der Waals surface area (Å²) in [6.45, 7) is 4.63. The number of nitrogens with zero attached hydrogens (tertiary/aromatic N) is 5. The fourth-order valence-electron chi connectivity index (χ4n) is 2.88. The van der Waals surface area contributed by atoms with Crippen molar-refractivity contribution in [2.45, 2.75) is 20.3 Å². The molecular formula is C21H21N7O2. The molecule has 9 heteroatoms. The van der Waals surface area contributed by atoms with Gasteiger partial charge in [0.2, 0.25) is 5.95 Å². The van der Waals surface area contributed by atoms with E-state index in [1.165, 1.54) is 0 Å². The van der Waals surface area contributed by atoms with Crippen LogP contribution in [0.1, 0.15) is 29.6 Å². The van der Waals surface area contributed by atoms with E-state index >= 15 is 0 Å². The number of carbonyl (C=O) groups is 1. The maximum absolute atomic E-state index is 12.2. The molecule has 0 atom stereocenters. The van der Waals surface area contributed by atoms with Gasteiger partial charge in [-0.1, -0.05) is 12.1 Å². The van der Waals surface area contributed by atoms with Gasteiger partial charge in [0.15, 0.2) is 5.69 Å². The van der Waals surface area contributed by atoms with E-state index in [1.54, 1.807) is 25.4 Å². The molecule has 0 aliphatic carbocycles. The van der Waals surface area contributed by atoms with Crippen molar-refractivity contribution in [1.29, 1.82) is 0 Å². The molecule has 0 aliphatic heterocycles. The van der Waals surface area contributed by atoms with Gasteiger partial charge < -0.3 is 15.2 Å². The predicted molar refractivity (Wildman–Crippen MR) is 113 cm³/mol. The van der Waals surface area contributed by atoms with Gasteiger partial charge in [-0.2, -0.15) is 4.98 Å². The van der Waals surface area contributed by atoms with E-state index in [4.69, 9.17) is 4.52 Å². The lowest BCUT2D eigenvalue weighted by Crippen LogP contribution is -2.12. The van der Waals surface area contributed by atoms with Gasteiger partial charge in [-0.25, -0.2) is 9.97 Å². The zero-order chi connectivity index (χ0) is 20.9. The van der Waals surface area contributed by atoms with Gasteiger partial charge in [0.25, 0.3) is 5.91 Å². The number of carbonyl (C=O) groups excluding carboxylic acids is 1. The highest BCUT2D eigenvalue weighted by molar-refractivity contribution is 6.02. The Bertz CT molecular complexity index is 1150. The Kier molecular flexibility index (Phi) is 5.51. The summed E-state index contributed by atoms with van der Waals surface area (Å²) in [5.41, 5.74) is 1.77. The lowest BCUT2D eigenvalue weighted by molar-refractivity contribution is 0.101. The van der Waals surface area contributed by atoms with E-state index in [0.29, 0.717) is 17.4 Å². The Morgan fingerprint density at radius 1 is 1.13 bits per heavy atom. The summed E-state index contributed by atoms with van der Waals surface area (Å²) in [4.78, 5) is 25.5. The third kappa shape index (κ3) is 4.19. The van der Waals surface area contributed by atoms with Crippen molar-refractivity contribution in [3.05, 3.63) is 66.4 Å². The smallest absolute Gasteiger partial charge is 0.277 e. The van der Waals surface area contributed by atoms with Gasteiger partial charge in [-0.15, -0.1) is 0 Å². The van der Waals surface area contributed by atoms with Crippen LogP contribution in [-0.2, 0) is 0 Å².